The number of rotatable bonds is 8. The van der Waals surface area contributed by atoms with Gasteiger partial charge in [0.25, 0.3) is 0 Å². The Morgan fingerprint density at radius 1 is 1.17 bits per heavy atom. The van der Waals surface area contributed by atoms with Crippen LogP contribution < -0.4 is 5.32 Å². The topological polar surface area (TPSA) is 89.3 Å². The SMILES string of the molecule is Cc1oc(-c2cccc(Cl)c2)nc1CS(=O)(=O)CC(=O)NCC(C)c1ccccc1. The maximum atomic E-state index is 12.5. The summed E-state index contributed by atoms with van der Waals surface area (Å²) in [5.41, 5.74) is 2.02. The van der Waals surface area contributed by atoms with Crippen molar-refractivity contribution < 1.29 is 17.6 Å². The van der Waals surface area contributed by atoms with Crippen molar-refractivity contribution in [2.24, 2.45) is 0 Å². The summed E-state index contributed by atoms with van der Waals surface area (Å²) in [6, 6.07) is 16.7. The number of hydrogen-bond donors (Lipinski definition) is 1. The lowest BCUT2D eigenvalue weighted by Gasteiger charge is -2.13. The molecule has 1 aromatic heterocycles. The molecular formula is C22H23ClN2O4S. The van der Waals surface area contributed by atoms with Crippen molar-refractivity contribution in [1.82, 2.24) is 10.3 Å². The van der Waals surface area contributed by atoms with E-state index in [0.717, 1.165) is 5.56 Å². The highest BCUT2D eigenvalue weighted by molar-refractivity contribution is 7.91. The van der Waals surface area contributed by atoms with Crippen LogP contribution in [0.5, 0.6) is 0 Å². The second kappa shape index (κ2) is 9.45. The van der Waals surface area contributed by atoms with Crippen LogP contribution >= 0.6 is 11.6 Å². The van der Waals surface area contributed by atoms with Gasteiger partial charge in [0.1, 0.15) is 11.5 Å². The third-order valence-corrected chi connectivity index (χ3v) is 6.30. The van der Waals surface area contributed by atoms with Crippen molar-refractivity contribution in [1.29, 1.82) is 0 Å². The average molecular weight is 447 g/mol. The van der Waals surface area contributed by atoms with Crippen LogP contribution in [0.3, 0.4) is 0 Å². The van der Waals surface area contributed by atoms with E-state index in [4.69, 9.17) is 16.0 Å². The highest BCUT2D eigenvalue weighted by atomic mass is 35.5. The summed E-state index contributed by atoms with van der Waals surface area (Å²) < 4.78 is 30.6. The number of aromatic nitrogens is 1. The molecule has 0 radical (unpaired) electrons. The fourth-order valence-corrected chi connectivity index (χ4v) is 4.46. The maximum Gasteiger partial charge on any atom is 0.235 e. The van der Waals surface area contributed by atoms with Gasteiger partial charge < -0.3 is 9.73 Å². The molecule has 0 spiro atoms. The number of nitrogens with one attached hydrogen (secondary N) is 1. The van der Waals surface area contributed by atoms with E-state index >= 15 is 0 Å². The van der Waals surface area contributed by atoms with Gasteiger partial charge in [-0.05, 0) is 36.6 Å². The van der Waals surface area contributed by atoms with Gasteiger partial charge in [0.2, 0.25) is 11.8 Å². The van der Waals surface area contributed by atoms with Gasteiger partial charge >= 0.3 is 0 Å². The standard InChI is InChI=1S/C22H23ClN2O4S/c1-15(17-7-4-3-5-8-17)12-24-21(26)14-30(27,28)13-20-16(2)29-22(25-20)18-9-6-10-19(23)11-18/h3-11,15H,12-14H2,1-2H3,(H,24,26). The molecule has 2 aromatic carbocycles. The second-order valence-electron chi connectivity index (χ2n) is 7.18. The Morgan fingerprint density at radius 3 is 2.60 bits per heavy atom. The van der Waals surface area contributed by atoms with Gasteiger partial charge in [-0.15, -0.1) is 0 Å². The van der Waals surface area contributed by atoms with Crippen LogP contribution in [-0.2, 0) is 20.4 Å². The van der Waals surface area contributed by atoms with Crippen LogP contribution in [0.25, 0.3) is 11.5 Å². The van der Waals surface area contributed by atoms with E-state index < -0.39 is 21.5 Å². The van der Waals surface area contributed by atoms with Crippen molar-refractivity contribution in [3.8, 4) is 11.5 Å². The summed E-state index contributed by atoms with van der Waals surface area (Å²) in [5.74, 6) is -0.740. The minimum atomic E-state index is -3.71. The quantitative estimate of drug-likeness (QED) is 0.561. The molecule has 30 heavy (non-hydrogen) atoms. The van der Waals surface area contributed by atoms with Crippen molar-refractivity contribution in [3.05, 3.63) is 76.6 Å². The van der Waals surface area contributed by atoms with Gasteiger partial charge in [-0.2, -0.15) is 0 Å². The fourth-order valence-electron chi connectivity index (χ4n) is 2.98. The van der Waals surface area contributed by atoms with E-state index in [1.165, 1.54) is 0 Å². The van der Waals surface area contributed by atoms with E-state index in [1.54, 1.807) is 31.2 Å². The fraction of sp³-hybridized carbons (Fsp3) is 0.273. The molecule has 3 rings (SSSR count). The summed E-state index contributed by atoms with van der Waals surface area (Å²) in [4.78, 5) is 16.5. The smallest absolute Gasteiger partial charge is 0.235 e. The number of halogens is 1. The van der Waals surface area contributed by atoms with Crippen LogP contribution in [0.1, 0.15) is 29.9 Å². The molecule has 1 N–H and O–H groups in total. The summed E-state index contributed by atoms with van der Waals surface area (Å²) in [6.07, 6.45) is 0. The third-order valence-electron chi connectivity index (χ3n) is 4.65. The molecule has 0 saturated heterocycles. The van der Waals surface area contributed by atoms with Gasteiger partial charge in [-0.1, -0.05) is 54.9 Å². The number of oxazole rings is 1. The average Bonchev–Trinajstić information content (AvgIpc) is 3.06. The second-order valence-corrected chi connectivity index (χ2v) is 9.68. The first-order valence-corrected chi connectivity index (χ1v) is 11.7. The Balaban J connectivity index is 1.60. The molecule has 0 saturated carbocycles. The molecule has 6 nitrogen and oxygen atoms in total. The van der Waals surface area contributed by atoms with Crippen LogP contribution in [-0.4, -0.2) is 31.6 Å². The number of aryl methyl sites for hydroxylation is 1. The number of amides is 1. The molecule has 0 aliphatic carbocycles. The first-order valence-electron chi connectivity index (χ1n) is 9.48. The Hall–Kier alpha value is -2.64. The lowest BCUT2D eigenvalue weighted by molar-refractivity contribution is -0.118. The predicted molar refractivity (Wildman–Crippen MR) is 117 cm³/mol. The molecule has 1 amide bonds. The zero-order chi connectivity index (χ0) is 21.7. The van der Waals surface area contributed by atoms with Crippen LogP contribution in [0, 0.1) is 6.92 Å². The number of hydrogen-bond acceptors (Lipinski definition) is 5. The lowest BCUT2D eigenvalue weighted by Crippen LogP contribution is -2.33. The van der Waals surface area contributed by atoms with Gasteiger partial charge in [0, 0.05) is 17.1 Å². The van der Waals surface area contributed by atoms with Crippen molar-refractivity contribution in [3.63, 3.8) is 0 Å². The van der Waals surface area contributed by atoms with Crippen molar-refractivity contribution in [2.45, 2.75) is 25.5 Å². The number of carbonyl (C=O) groups excluding carboxylic acids is 1. The van der Waals surface area contributed by atoms with Crippen LogP contribution in [0.15, 0.2) is 59.0 Å². The minimum absolute atomic E-state index is 0.0795. The lowest BCUT2D eigenvalue weighted by atomic mass is 10.0. The van der Waals surface area contributed by atoms with Crippen LogP contribution in [0.2, 0.25) is 5.02 Å². The molecule has 0 aliphatic rings. The van der Waals surface area contributed by atoms with E-state index in [-0.39, 0.29) is 17.4 Å². The predicted octanol–water partition coefficient (Wildman–Crippen LogP) is 4.14. The van der Waals surface area contributed by atoms with Gasteiger partial charge in [0.15, 0.2) is 9.84 Å². The first kappa shape index (κ1) is 22.1. The maximum absolute atomic E-state index is 12.5. The molecule has 1 unspecified atom stereocenters. The Morgan fingerprint density at radius 2 is 1.90 bits per heavy atom. The normalized spacial score (nSPS) is 12.5. The van der Waals surface area contributed by atoms with Gasteiger partial charge in [0.05, 0.1) is 11.4 Å². The largest absolute Gasteiger partial charge is 0.441 e. The first-order chi connectivity index (χ1) is 14.2. The molecule has 3 aromatic rings. The number of benzene rings is 2. The zero-order valence-electron chi connectivity index (χ0n) is 16.8. The summed E-state index contributed by atoms with van der Waals surface area (Å²) in [7, 11) is -3.71. The molecular weight excluding hydrogens is 424 g/mol. The van der Waals surface area contributed by atoms with E-state index in [9.17, 15) is 13.2 Å². The molecule has 158 valence electrons. The van der Waals surface area contributed by atoms with Gasteiger partial charge in [-0.25, -0.2) is 13.4 Å². The molecule has 1 heterocycles. The van der Waals surface area contributed by atoms with Crippen LogP contribution in [0.4, 0.5) is 0 Å². The summed E-state index contributed by atoms with van der Waals surface area (Å²) >= 11 is 5.99. The third kappa shape index (κ3) is 5.93. The molecule has 0 bridgehead atoms. The van der Waals surface area contributed by atoms with Crippen molar-refractivity contribution >= 4 is 27.3 Å². The number of nitrogens with zero attached hydrogens (tertiary/aromatic N) is 1. The number of carbonyl (C=O) groups is 1. The molecule has 8 heteroatoms. The zero-order valence-corrected chi connectivity index (χ0v) is 18.3. The molecule has 0 fully saturated rings. The Kier molecular flexibility index (Phi) is 6.95. The van der Waals surface area contributed by atoms with E-state index in [2.05, 4.69) is 10.3 Å². The highest BCUT2D eigenvalue weighted by Crippen LogP contribution is 2.25. The monoisotopic (exact) mass is 446 g/mol. The summed E-state index contributed by atoms with van der Waals surface area (Å²) in [5, 5.41) is 3.22. The molecule has 1 atom stereocenters. The van der Waals surface area contributed by atoms with E-state index in [1.807, 2.05) is 37.3 Å². The minimum Gasteiger partial charge on any atom is -0.441 e. The Bertz CT molecular complexity index is 1130. The molecule has 0 aliphatic heterocycles. The van der Waals surface area contributed by atoms with E-state index in [0.29, 0.717) is 28.8 Å². The highest BCUT2D eigenvalue weighted by Gasteiger charge is 2.22. The Labute approximate surface area is 181 Å². The number of sulfone groups is 1. The van der Waals surface area contributed by atoms with Crippen molar-refractivity contribution in [2.75, 3.05) is 12.3 Å². The van der Waals surface area contributed by atoms with Gasteiger partial charge in [-0.3, -0.25) is 4.79 Å². The summed E-state index contributed by atoms with van der Waals surface area (Å²) in [6.45, 7) is 3.98.